The molecule has 4 N–H and O–H groups in total. The molecule has 3 amide bonds. The van der Waals surface area contributed by atoms with Gasteiger partial charge in [0.25, 0.3) is 11.8 Å². The van der Waals surface area contributed by atoms with Gasteiger partial charge in [-0.05, 0) is 95.4 Å². The third-order valence-corrected chi connectivity index (χ3v) is 15.9. The molecule has 1 saturated heterocycles. The number of rotatable bonds is 18. The molecule has 0 spiro atoms. The van der Waals surface area contributed by atoms with Gasteiger partial charge in [-0.15, -0.1) is 0 Å². The van der Waals surface area contributed by atoms with Crippen molar-refractivity contribution in [3.8, 4) is 5.82 Å². The topological polar surface area (TPSA) is 226 Å². The highest BCUT2D eigenvalue weighted by molar-refractivity contribution is 9.10. The molecule has 6 heterocycles. The second kappa shape index (κ2) is 23.2. The molecule has 5 aromatic heterocycles. The van der Waals surface area contributed by atoms with Crippen LogP contribution in [0.4, 0.5) is 4.79 Å². The normalized spacial score (nSPS) is 14.2. The molecule has 0 bridgehead atoms. The van der Waals surface area contributed by atoms with E-state index in [4.69, 9.17) is 29.3 Å². The van der Waals surface area contributed by atoms with Gasteiger partial charge in [0.05, 0.1) is 59.0 Å². The van der Waals surface area contributed by atoms with Crippen LogP contribution in [-0.2, 0) is 27.7 Å². The summed E-state index contributed by atoms with van der Waals surface area (Å²) in [7, 11) is -2.43. The van der Waals surface area contributed by atoms with E-state index in [1.165, 1.54) is 0 Å². The predicted octanol–water partition coefficient (Wildman–Crippen LogP) is 8.70. The number of nitrogens with one attached hydrogen (secondary N) is 2. The Morgan fingerprint density at radius 3 is 1.73 bits per heavy atom. The van der Waals surface area contributed by atoms with E-state index in [0.717, 1.165) is 41.5 Å². The summed E-state index contributed by atoms with van der Waals surface area (Å²) in [6.45, 7) is 29.1. The second-order valence-corrected chi connectivity index (χ2v) is 35.6. The molecule has 398 valence electrons. The smallest absolute Gasteiger partial charge is 0.410 e. The lowest BCUT2D eigenvalue weighted by atomic mass is 9.92. The molecule has 1 fully saturated rings. The Hall–Kier alpha value is -5.11. The summed E-state index contributed by atoms with van der Waals surface area (Å²) in [5.74, 6) is -0.0293. The van der Waals surface area contributed by atoms with E-state index in [1.54, 1.807) is 66.6 Å². The fraction of sp³-hybridized carbons (Fsp3) is 0.569. The van der Waals surface area contributed by atoms with Gasteiger partial charge in [0.15, 0.2) is 17.1 Å². The number of ether oxygens (including phenoxy) is 3. The Morgan fingerprint density at radius 1 is 0.740 bits per heavy atom. The van der Waals surface area contributed by atoms with Crippen LogP contribution in [-0.4, -0.2) is 144 Å². The number of likely N-dealkylation sites (tertiary alicyclic amines) is 1. The Bertz CT molecular complexity index is 2890. The number of hydrogen-bond donors (Lipinski definition) is 4. The van der Waals surface area contributed by atoms with Crippen LogP contribution in [0.15, 0.2) is 53.7 Å². The molecule has 22 heteroatoms. The lowest BCUT2D eigenvalue weighted by Gasteiger charge is -2.33. The highest BCUT2D eigenvalue weighted by Gasteiger charge is 2.31. The molecular weight excluding hydrogens is 1030 g/mol. The Labute approximate surface area is 438 Å². The van der Waals surface area contributed by atoms with Crippen LogP contribution in [0, 0.1) is 0 Å². The van der Waals surface area contributed by atoms with E-state index in [9.17, 15) is 24.6 Å². The Morgan fingerprint density at radius 2 is 1.23 bits per heavy atom. The zero-order chi connectivity index (χ0) is 53.7. The van der Waals surface area contributed by atoms with Gasteiger partial charge in [-0.1, -0.05) is 57.5 Å². The molecule has 6 aromatic rings. The van der Waals surface area contributed by atoms with Crippen molar-refractivity contribution in [3.05, 3.63) is 70.5 Å². The number of aliphatic hydroxyl groups is 2. The maximum absolute atomic E-state index is 13.5. The van der Waals surface area contributed by atoms with Gasteiger partial charge in [0.2, 0.25) is 0 Å². The van der Waals surface area contributed by atoms with E-state index in [-0.39, 0.29) is 43.8 Å². The third-order valence-electron chi connectivity index (χ3n) is 12.1. The summed E-state index contributed by atoms with van der Waals surface area (Å²) in [5.41, 5.74) is 2.54. The summed E-state index contributed by atoms with van der Waals surface area (Å²) >= 11 is 3.30. The van der Waals surface area contributed by atoms with E-state index in [0.29, 0.717) is 76.9 Å². The van der Waals surface area contributed by atoms with Gasteiger partial charge in [-0.3, -0.25) is 9.59 Å². The van der Waals surface area contributed by atoms with Crippen molar-refractivity contribution in [3.63, 3.8) is 0 Å². The van der Waals surface area contributed by atoms with E-state index >= 15 is 0 Å². The van der Waals surface area contributed by atoms with Crippen molar-refractivity contribution >= 4 is 83.2 Å². The molecule has 0 unspecified atom stereocenters. The average molecular weight is 1110 g/mol. The number of hydrogen-bond acceptors (Lipinski definition) is 13. The quantitative estimate of drug-likeness (QED) is 0.0467. The standard InChI is InChI=1S/C34H49N7O5Si.C17H27BrN4O3Si/c1-33(2,3)46-32(44)39-15-13-23(14-16-39)28-24-11-9-10-12-26(24)41(38-28)27-19-35-30-29(36-27)25(31(43)37-34(4,5)21-42)20-40(30)22-45-17-18-47(6,7)8;1-17(2,10-23)21-16(24)12-9-22(11-25-6-7-26(3,4)5)15-14(12)20-13(18)8-19-15/h9-12,19-20,23,42H,13-18,21-22H2,1-8H3,(H,37,43);8-9,23H,6-7,10-11H2,1-5H3,(H,21,24). The first-order valence-electron chi connectivity index (χ1n) is 24.9. The summed E-state index contributed by atoms with van der Waals surface area (Å²) in [6.07, 6.45) is 7.93. The zero-order valence-corrected chi connectivity index (χ0v) is 48.5. The first kappa shape index (κ1) is 57.2. The molecule has 0 saturated carbocycles. The van der Waals surface area contributed by atoms with Crippen LogP contribution in [0.25, 0.3) is 39.0 Å². The molecule has 0 radical (unpaired) electrons. The molecule has 1 aliphatic rings. The lowest BCUT2D eigenvalue weighted by Crippen LogP contribution is -2.46. The Balaban J connectivity index is 0.000000283. The first-order valence-corrected chi connectivity index (χ1v) is 33.1. The largest absolute Gasteiger partial charge is 0.444 e. The fourth-order valence-corrected chi connectivity index (χ4v) is 9.64. The van der Waals surface area contributed by atoms with Crippen LogP contribution in [0.1, 0.15) is 93.6 Å². The molecule has 1 aromatic carbocycles. The summed E-state index contributed by atoms with van der Waals surface area (Å²) in [5, 5.41) is 31.0. The molecule has 7 rings (SSSR count). The van der Waals surface area contributed by atoms with Crippen molar-refractivity contribution < 1.29 is 38.8 Å². The number of aliphatic hydroxyl groups excluding tert-OH is 2. The molecule has 0 aliphatic carbocycles. The number of carbonyl (C=O) groups is 3. The number of aromatic nitrogens is 8. The summed E-state index contributed by atoms with van der Waals surface area (Å²) < 4.78 is 23.3. The van der Waals surface area contributed by atoms with Gasteiger partial charge in [0.1, 0.15) is 34.7 Å². The molecule has 1 aliphatic heterocycles. The van der Waals surface area contributed by atoms with Gasteiger partial charge in [-0.25, -0.2) is 29.4 Å². The number of carbonyl (C=O) groups excluding carboxylic acids is 3. The molecule has 73 heavy (non-hydrogen) atoms. The van der Waals surface area contributed by atoms with E-state index < -0.39 is 32.8 Å². The monoisotopic (exact) mass is 1110 g/mol. The molecular formula is C51H76BrN11O8Si2. The average Bonchev–Trinajstić information content (AvgIpc) is 3.99. The minimum atomic E-state index is -1.27. The Kier molecular flexibility index (Phi) is 18.2. The number of nitrogens with zero attached hydrogens (tertiary/aromatic N) is 9. The number of benzene rings is 1. The SMILES string of the molecule is CC(C)(CO)NC(=O)c1cn(COCC[Si](C)(C)C)c2ncc(-n3nc(C4CCN(C(=O)OC(C)(C)C)CC4)c4ccccc43)nc12.CC(C)(CO)NC(=O)c1cn(COCC[Si](C)(C)C)c2ncc(Br)nc12. The van der Waals surface area contributed by atoms with Crippen molar-refractivity contribution in [1.29, 1.82) is 0 Å². The number of para-hydroxylation sites is 1. The van der Waals surface area contributed by atoms with Crippen LogP contribution in [0.2, 0.25) is 51.4 Å². The fourth-order valence-electron chi connectivity index (χ4n) is 7.84. The maximum atomic E-state index is 13.5. The zero-order valence-electron chi connectivity index (χ0n) is 44.9. The van der Waals surface area contributed by atoms with E-state index in [1.807, 2.05) is 43.5 Å². The van der Waals surface area contributed by atoms with Crippen molar-refractivity contribution in [2.75, 3.05) is 39.5 Å². The predicted molar refractivity (Wildman–Crippen MR) is 293 cm³/mol. The molecule has 19 nitrogen and oxygen atoms in total. The number of piperidine rings is 1. The van der Waals surface area contributed by atoms with Crippen molar-refractivity contribution in [2.24, 2.45) is 0 Å². The summed E-state index contributed by atoms with van der Waals surface area (Å²) in [6, 6.07) is 10.1. The summed E-state index contributed by atoms with van der Waals surface area (Å²) in [4.78, 5) is 59.2. The minimum absolute atomic E-state index is 0.146. The van der Waals surface area contributed by atoms with Crippen molar-refractivity contribution in [1.82, 2.24) is 54.4 Å². The molecule has 0 atom stereocenters. The number of amides is 3. The van der Waals surface area contributed by atoms with Crippen LogP contribution < -0.4 is 10.6 Å². The van der Waals surface area contributed by atoms with Gasteiger partial charge >= 0.3 is 6.09 Å². The van der Waals surface area contributed by atoms with Crippen LogP contribution in [0.5, 0.6) is 0 Å². The maximum Gasteiger partial charge on any atom is 0.410 e. The first-order chi connectivity index (χ1) is 34.1. The van der Waals surface area contributed by atoms with E-state index in [2.05, 4.69) is 81.9 Å². The number of fused-ring (bicyclic) bond motifs is 3. The van der Waals surface area contributed by atoms with Gasteiger partial charge < -0.3 is 49.1 Å². The van der Waals surface area contributed by atoms with Gasteiger partial charge in [-0.2, -0.15) is 5.10 Å². The van der Waals surface area contributed by atoms with Crippen LogP contribution >= 0.6 is 15.9 Å². The lowest BCUT2D eigenvalue weighted by molar-refractivity contribution is 0.0204. The minimum Gasteiger partial charge on any atom is -0.444 e. The van der Waals surface area contributed by atoms with Gasteiger partial charge in [0, 0.05) is 66.1 Å². The highest BCUT2D eigenvalue weighted by Crippen LogP contribution is 2.34. The second-order valence-electron chi connectivity index (χ2n) is 23.5. The van der Waals surface area contributed by atoms with Crippen molar-refractivity contribution in [2.45, 2.75) is 149 Å². The van der Waals surface area contributed by atoms with Crippen LogP contribution in [0.3, 0.4) is 0 Å². The number of halogens is 1. The highest BCUT2D eigenvalue weighted by atomic mass is 79.9. The third kappa shape index (κ3) is 15.5.